The first-order valence-electron chi connectivity index (χ1n) is 8.69. The molecule has 1 atom stereocenters. The van der Waals surface area contributed by atoms with E-state index in [1.165, 1.54) is 13.0 Å². The zero-order chi connectivity index (χ0) is 17.4. The van der Waals surface area contributed by atoms with E-state index in [4.69, 9.17) is 4.98 Å². The summed E-state index contributed by atoms with van der Waals surface area (Å²) in [6.45, 7) is 5.66. The first-order valence-corrected chi connectivity index (χ1v) is 8.69. The normalized spacial score (nSPS) is 21.1. The van der Waals surface area contributed by atoms with Crippen LogP contribution in [0.2, 0.25) is 0 Å². The van der Waals surface area contributed by atoms with Crippen molar-refractivity contribution in [2.24, 2.45) is 5.41 Å². The third-order valence-corrected chi connectivity index (χ3v) is 5.08. The van der Waals surface area contributed by atoms with Crippen LogP contribution < -0.4 is 4.90 Å². The van der Waals surface area contributed by atoms with Crippen LogP contribution >= 0.6 is 0 Å². The summed E-state index contributed by atoms with van der Waals surface area (Å²) in [4.78, 5) is 13.6. The van der Waals surface area contributed by atoms with E-state index in [9.17, 15) is 0 Å². The van der Waals surface area contributed by atoms with E-state index in [-0.39, 0.29) is 0 Å². The Labute approximate surface area is 148 Å². The van der Waals surface area contributed by atoms with Gasteiger partial charge in [0.05, 0.1) is 11.9 Å². The topological polar surface area (TPSA) is 49.6 Å². The molecular formula is C19H24N6. The summed E-state index contributed by atoms with van der Waals surface area (Å²) in [5.41, 5.74) is 3.18. The summed E-state index contributed by atoms with van der Waals surface area (Å²) in [6, 6.07) is 8.06. The number of likely N-dealkylation sites (tertiary alicyclic amines) is 1. The van der Waals surface area contributed by atoms with Gasteiger partial charge in [-0.15, -0.1) is 0 Å². The quantitative estimate of drug-likeness (QED) is 0.733. The molecule has 130 valence electrons. The monoisotopic (exact) mass is 336 g/mol. The molecule has 1 aliphatic rings. The van der Waals surface area contributed by atoms with Gasteiger partial charge in [-0.25, -0.2) is 4.98 Å². The molecule has 0 radical (unpaired) electrons. The zero-order valence-electron chi connectivity index (χ0n) is 15.1. The SMILES string of the molecule is CN1CC[C@](C)(CN(C)c2cc(-c3ccncc3)nc3ccnn23)C1. The molecule has 0 aliphatic carbocycles. The number of hydrogen-bond acceptors (Lipinski definition) is 5. The third kappa shape index (κ3) is 3.09. The van der Waals surface area contributed by atoms with Crippen LogP contribution in [0.25, 0.3) is 16.9 Å². The molecule has 0 saturated carbocycles. The minimum atomic E-state index is 0.295. The Kier molecular flexibility index (Phi) is 3.92. The van der Waals surface area contributed by atoms with E-state index in [0.717, 1.165) is 35.8 Å². The molecule has 1 aliphatic heterocycles. The van der Waals surface area contributed by atoms with E-state index in [0.29, 0.717) is 5.41 Å². The van der Waals surface area contributed by atoms with Crippen LogP contribution in [0.15, 0.2) is 42.9 Å². The Morgan fingerprint density at radius 1 is 1.20 bits per heavy atom. The maximum absolute atomic E-state index is 4.75. The maximum atomic E-state index is 4.75. The van der Waals surface area contributed by atoms with E-state index in [2.05, 4.69) is 47.0 Å². The van der Waals surface area contributed by atoms with E-state index in [1.807, 2.05) is 22.7 Å². The van der Waals surface area contributed by atoms with Crippen LogP contribution in [0.5, 0.6) is 0 Å². The van der Waals surface area contributed by atoms with E-state index >= 15 is 0 Å². The second kappa shape index (κ2) is 6.11. The summed E-state index contributed by atoms with van der Waals surface area (Å²) in [5, 5.41) is 4.48. The predicted octanol–water partition coefficient (Wildman–Crippen LogP) is 2.57. The van der Waals surface area contributed by atoms with Gasteiger partial charge in [0, 0.05) is 50.2 Å². The van der Waals surface area contributed by atoms with Crippen molar-refractivity contribution in [1.29, 1.82) is 0 Å². The molecule has 1 saturated heterocycles. The lowest BCUT2D eigenvalue weighted by Crippen LogP contribution is -2.36. The second-order valence-corrected chi connectivity index (χ2v) is 7.49. The minimum Gasteiger partial charge on any atom is -0.359 e. The van der Waals surface area contributed by atoms with Crippen molar-refractivity contribution in [1.82, 2.24) is 24.5 Å². The summed E-state index contributed by atoms with van der Waals surface area (Å²) in [6.07, 6.45) is 6.63. The number of anilines is 1. The van der Waals surface area contributed by atoms with Crippen LogP contribution in [0.1, 0.15) is 13.3 Å². The number of pyridine rings is 1. The molecule has 0 amide bonds. The molecule has 4 heterocycles. The second-order valence-electron chi connectivity index (χ2n) is 7.49. The zero-order valence-corrected chi connectivity index (χ0v) is 15.1. The number of fused-ring (bicyclic) bond motifs is 1. The minimum absolute atomic E-state index is 0.295. The van der Waals surface area contributed by atoms with E-state index < -0.39 is 0 Å². The number of aromatic nitrogens is 4. The average Bonchev–Trinajstić information content (AvgIpc) is 3.20. The molecule has 0 spiro atoms. The molecule has 25 heavy (non-hydrogen) atoms. The van der Waals surface area contributed by atoms with Crippen LogP contribution in [0.3, 0.4) is 0 Å². The number of rotatable bonds is 4. The Hall–Kier alpha value is -2.47. The lowest BCUT2D eigenvalue weighted by atomic mass is 9.89. The molecule has 0 unspecified atom stereocenters. The summed E-state index contributed by atoms with van der Waals surface area (Å²) >= 11 is 0. The van der Waals surface area contributed by atoms with Gasteiger partial charge in [-0.1, -0.05) is 6.92 Å². The lowest BCUT2D eigenvalue weighted by molar-refractivity contribution is 0.314. The summed E-state index contributed by atoms with van der Waals surface area (Å²) in [7, 11) is 4.35. The van der Waals surface area contributed by atoms with Crippen molar-refractivity contribution in [3.05, 3.63) is 42.9 Å². The van der Waals surface area contributed by atoms with Gasteiger partial charge in [-0.2, -0.15) is 9.61 Å². The Bertz CT molecular complexity index is 874. The highest BCUT2D eigenvalue weighted by Crippen LogP contribution is 2.32. The van der Waals surface area contributed by atoms with Crippen molar-refractivity contribution in [2.45, 2.75) is 13.3 Å². The van der Waals surface area contributed by atoms with Crippen LogP contribution in [-0.4, -0.2) is 58.2 Å². The average molecular weight is 336 g/mol. The largest absolute Gasteiger partial charge is 0.359 e. The molecule has 0 N–H and O–H groups in total. The molecule has 0 bridgehead atoms. The van der Waals surface area contributed by atoms with Crippen molar-refractivity contribution in [3.8, 4) is 11.3 Å². The molecule has 6 heteroatoms. The van der Waals surface area contributed by atoms with E-state index in [1.54, 1.807) is 18.6 Å². The number of hydrogen-bond donors (Lipinski definition) is 0. The summed E-state index contributed by atoms with van der Waals surface area (Å²) in [5.74, 6) is 1.07. The van der Waals surface area contributed by atoms with Gasteiger partial charge in [0.1, 0.15) is 5.82 Å². The molecule has 0 aromatic carbocycles. The van der Waals surface area contributed by atoms with Gasteiger partial charge in [-0.05, 0) is 37.6 Å². The number of nitrogens with zero attached hydrogens (tertiary/aromatic N) is 6. The van der Waals surface area contributed by atoms with Crippen molar-refractivity contribution >= 4 is 11.5 Å². The van der Waals surface area contributed by atoms with Crippen LogP contribution in [0.4, 0.5) is 5.82 Å². The Morgan fingerprint density at radius 2 is 2.00 bits per heavy atom. The van der Waals surface area contributed by atoms with Gasteiger partial charge in [0.15, 0.2) is 5.65 Å². The fourth-order valence-corrected chi connectivity index (χ4v) is 3.89. The van der Waals surface area contributed by atoms with Crippen LogP contribution in [0, 0.1) is 5.41 Å². The highest BCUT2D eigenvalue weighted by molar-refractivity contribution is 5.66. The van der Waals surface area contributed by atoms with Crippen LogP contribution in [-0.2, 0) is 0 Å². The Balaban J connectivity index is 1.72. The third-order valence-electron chi connectivity index (χ3n) is 5.08. The maximum Gasteiger partial charge on any atom is 0.157 e. The first-order chi connectivity index (χ1) is 12.0. The highest BCUT2D eigenvalue weighted by atomic mass is 15.3. The molecule has 3 aromatic heterocycles. The van der Waals surface area contributed by atoms with Crippen molar-refractivity contribution < 1.29 is 0 Å². The molecule has 6 nitrogen and oxygen atoms in total. The fraction of sp³-hybridized carbons (Fsp3) is 0.421. The van der Waals surface area contributed by atoms with Gasteiger partial charge in [-0.3, -0.25) is 4.98 Å². The first kappa shape index (κ1) is 16.0. The smallest absolute Gasteiger partial charge is 0.157 e. The molecule has 4 rings (SSSR count). The van der Waals surface area contributed by atoms with Gasteiger partial charge in [0.2, 0.25) is 0 Å². The van der Waals surface area contributed by atoms with Gasteiger partial charge in [0.25, 0.3) is 0 Å². The molecular weight excluding hydrogens is 312 g/mol. The van der Waals surface area contributed by atoms with Gasteiger partial charge < -0.3 is 9.80 Å². The fourth-order valence-electron chi connectivity index (χ4n) is 3.89. The lowest BCUT2D eigenvalue weighted by Gasteiger charge is -2.31. The predicted molar refractivity (Wildman–Crippen MR) is 99.7 cm³/mol. The van der Waals surface area contributed by atoms with Crippen molar-refractivity contribution in [2.75, 3.05) is 38.6 Å². The highest BCUT2D eigenvalue weighted by Gasteiger charge is 2.33. The molecule has 1 fully saturated rings. The van der Waals surface area contributed by atoms with Crippen molar-refractivity contribution in [3.63, 3.8) is 0 Å². The Morgan fingerprint density at radius 3 is 2.72 bits per heavy atom. The standard InChI is InChI=1S/C19H24N6/c1-19(7-11-23(2)13-19)14-24(3)18-12-16(15-4-8-20-9-5-15)22-17-6-10-21-25(17)18/h4-6,8-10,12H,7,11,13-14H2,1-3H3/t19-/m0/s1. The molecule has 3 aromatic rings. The summed E-state index contributed by atoms with van der Waals surface area (Å²) < 4.78 is 1.92. The van der Waals surface area contributed by atoms with Gasteiger partial charge >= 0.3 is 0 Å².